The molecule has 0 aromatic carbocycles. The van der Waals surface area contributed by atoms with E-state index in [2.05, 4.69) is 4.72 Å². The highest BCUT2D eigenvalue weighted by Crippen LogP contribution is 1.92. The first-order valence-electron chi connectivity index (χ1n) is 2.32. The number of nitrogens with one attached hydrogen (secondary N) is 1. The fourth-order valence-electron chi connectivity index (χ4n) is 0.147. The van der Waals surface area contributed by atoms with Gasteiger partial charge in [0.15, 0.2) is 0 Å². The van der Waals surface area contributed by atoms with Gasteiger partial charge in [0.2, 0.25) is 5.91 Å². The second-order valence-electron chi connectivity index (χ2n) is 1.15. The summed E-state index contributed by atoms with van der Waals surface area (Å²) in [5.74, 6) is -0.0940. The van der Waals surface area contributed by atoms with Gasteiger partial charge in [-0.2, -0.15) is 0 Å². The number of hydrogen-bond acceptors (Lipinski definition) is 3. The van der Waals surface area contributed by atoms with E-state index in [0.717, 1.165) is 12.2 Å². The zero-order chi connectivity index (χ0) is 6.41. The molecule has 0 aliphatic rings. The van der Waals surface area contributed by atoms with Gasteiger partial charge in [0.05, 0.1) is 6.61 Å². The Morgan fingerprint density at radius 1 is 1.88 bits per heavy atom. The van der Waals surface area contributed by atoms with Gasteiger partial charge in [-0.05, 0) is 6.92 Å². The first kappa shape index (κ1) is 7.78. The molecule has 48 valence electrons. The van der Waals surface area contributed by atoms with Crippen LogP contribution in [0.15, 0.2) is 0 Å². The molecular weight excluding hydrogens is 126 g/mol. The van der Waals surface area contributed by atoms with Gasteiger partial charge in [-0.1, -0.05) is 0 Å². The molecule has 0 unspecified atom stereocenters. The van der Waals surface area contributed by atoms with E-state index < -0.39 is 0 Å². The van der Waals surface area contributed by atoms with Gasteiger partial charge >= 0.3 is 0 Å². The lowest BCUT2D eigenvalue weighted by molar-refractivity contribution is -0.117. The fraction of sp³-hybridized carbons (Fsp3) is 0.750. The third-order valence-electron chi connectivity index (χ3n) is 0.362. The fourth-order valence-corrected chi connectivity index (χ4v) is 0.441. The van der Waals surface area contributed by atoms with Crippen LogP contribution in [-0.2, 0) is 8.98 Å². The van der Waals surface area contributed by atoms with E-state index in [9.17, 15) is 4.79 Å². The number of amides is 1. The monoisotopic (exact) mass is 135 g/mol. The first-order valence-corrected chi connectivity index (χ1v) is 3.06. The van der Waals surface area contributed by atoms with Crippen LogP contribution < -0.4 is 4.72 Å². The Morgan fingerprint density at radius 3 is 2.88 bits per heavy atom. The average molecular weight is 135 g/mol. The molecule has 0 saturated heterocycles. The zero-order valence-corrected chi connectivity index (χ0v) is 5.75. The summed E-state index contributed by atoms with van der Waals surface area (Å²) in [5.41, 5.74) is 0. The summed E-state index contributed by atoms with van der Waals surface area (Å²) in [6.07, 6.45) is 0. The maximum atomic E-state index is 10.1. The molecule has 0 aliphatic heterocycles. The Hall–Kier alpha value is -0.220. The maximum absolute atomic E-state index is 10.1. The molecule has 4 heteroatoms. The summed E-state index contributed by atoms with van der Waals surface area (Å²) in [7, 11) is 0. The summed E-state index contributed by atoms with van der Waals surface area (Å²) in [6.45, 7) is 3.89. The number of rotatable bonds is 3. The third kappa shape index (κ3) is 5.78. The Bertz CT molecular complexity index is 76.4. The third-order valence-corrected chi connectivity index (χ3v) is 1.09. The van der Waals surface area contributed by atoms with Crippen molar-refractivity contribution in [2.45, 2.75) is 13.8 Å². The van der Waals surface area contributed by atoms with Gasteiger partial charge in [-0.3, -0.25) is 13.7 Å². The molecule has 0 atom stereocenters. The largest absolute Gasteiger partial charge is 0.297 e. The molecule has 0 aromatic heterocycles. The van der Waals surface area contributed by atoms with E-state index in [1.54, 1.807) is 0 Å². The lowest BCUT2D eigenvalue weighted by Gasteiger charge is -1.95. The van der Waals surface area contributed by atoms with Crippen LogP contribution in [0.4, 0.5) is 0 Å². The zero-order valence-electron chi connectivity index (χ0n) is 4.93. The van der Waals surface area contributed by atoms with Crippen molar-refractivity contribution < 1.29 is 8.98 Å². The minimum absolute atomic E-state index is 0.0940. The lowest BCUT2D eigenvalue weighted by Crippen LogP contribution is -2.10. The molecule has 0 heterocycles. The molecule has 1 N–H and O–H groups in total. The number of hydrogen-bond donors (Lipinski definition) is 1. The smallest absolute Gasteiger partial charge is 0.228 e. The van der Waals surface area contributed by atoms with Crippen molar-refractivity contribution in [3.05, 3.63) is 0 Å². The van der Waals surface area contributed by atoms with Crippen LogP contribution >= 0.6 is 12.2 Å². The molecular formula is C4H9NO2S. The minimum atomic E-state index is -0.0940. The van der Waals surface area contributed by atoms with Crippen molar-refractivity contribution in [3.63, 3.8) is 0 Å². The van der Waals surface area contributed by atoms with Gasteiger partial charge in [0, 0.05) is 6.92 Å². The van der Waals surface area contributed by atoms with E-state index in [-0.39, 0.29) is 5.91 Å². The second kappa shape index (κ2) is 4.93. The summed E-state index contributed by atoms with van der Waals surface area (Å²) in [6, 6.07) is 0. The quantitative estimate of drug-likeness (QED) is 0.352. The summed E-state index contributed by atoms with van der Waals surface area (Å²) in [4.78, 5) is 10.1. The van der Waals surface area contributed by atoms with Gasteiger partial charge in [0.25, 0.3) is 0 Å². The second-order valence-corrected chi connectivity index (χ2v) is 1.75. The molecule has 0 fully saturated rings. The van der Waals surface area contributed by atoms with Crippen molar-refractivity contribution in [3.8, 4) is 0 Å². The number of carbonyl (C=O) groups excluding carboxylic acids is 1. The van der Waals surface area contributed by atoms with Crippen LogP contribution in [-0.4, -0.2) is 12.5 Å². The van der Waals surface area contributed by atoms with Gasteiger partial charge in [-0.25, -0.2) is 0 Å². The van der Waals surface area contributed by atoms with Crippen molar-refractivity contribution >= 4 is 18.1 Å². The average Bonchev–Trinajstić information content (AvgIpc) is 1.66. The highest BCUT2D eigenvalue weighted by molar-refractivity contribution is 7.93. The van der Waals surface area contributed by atoms with Crippen LogP contribution in [0.25, 0.3) is 0 Å². The van der Waals surface area contributed by atoms with Crippen LogP contribution in [0.3, 0.4) is 0 Å². The van der Waals surface area contributed by atoms with Crippen LogP contribution in [0.2, 0.25) is 0 Å². The topological polar surface area (TPSA) is 38.3 Å². The lowest BCUT2D eigenvalue weighted by atomic mass is 10.8. The van der Waals surface area contributed by atoms with Gasteiger partial charge < -0.3 is 0 Å². The normalized spacial score (nSPS) is 8.75. The van der Waals surface area contributed by atoms with E-state index in [0.29, 0.717) is 6.61 Å². The molecule has 1 amide bonds. The van der Waals surface area contributed by atoms with Gasteiger partial charge in [-0.15, -0.1) is 0 Å². The van der Waals surface area contributed by atoms with E-state index in [1.165, 1.54) is 6.92 Å². The maximum Gasteiger partial charge on any atom is 0.228 e. The summed E-state index contributed by atoms with van der Waals surface area (Å²) >= 11 is 0.962. The van der Waals surface area contributed by atoms with E-state index in [1.807, 2.05) is 6.92 Å². The molecule has 8 heavy (non-hydrogen) atoms. The summed E-state index contributed by atoms with van der Waals surface area (Å²) < 4.78 is 7.13. The molecule has 0 bridgehead atoms. The molecule has 0 rings (SSSR count). The van der Waals surface area contributed by atoms with Crippen molar-refractivity contribution in [2.24, 2.45) is 0 Å². The SMILES string of the molecule is CCOSNC(C)=O. The summed E-state index contributed by atoms with van der Waals surface area (Å²) in [5, 5.41) is 0. The minimum Gasteiger partial charge on any atom is -0.297 e. The van der Waals surface area contributed by atoms with E-state index in [4.69, 9.17) is 4.18 Å². The standard InChI is InChI=1S/C4H9NO2S/c1-3-7-8-5-4(2)6/h3H2,1-2H3,(H,5,6). The first-order chi connectivity index (χ1) is 3.77. The van der Waals surface area contributed by atoms with Crippen molar-refractivity contribution in [2.75, 3.05) is 6.61 Å². The van der Waals surface area contributed by atoms with E-state index >= 15 is 0 Å². The predicted molar refractivity (Wildman–Crippen MR) is 33.0 cm³/mol. The highest BCUT2D eigenvalue weighted by atomic mass is 32.2. The highest BCUT2D eigenvalue weighted by Gasteiger charge is 1.87. The molecule has 3 nitrogen and oxygen atoms in total. The molecule has 0 saturated carbocycles. The van der Waals surface area contributed by atoms with Crippen molar-refractivity contribution in [1.29, 1.82) is 0 Å². The molecule has 0 aromatic rings. The Morgan fingerprint density at radius 2 is 2.50 bits per heavy atom. The van der Waals surface area contributed by atoms with Crippen LogP contribution in [0.1, 0.15) is 13.8 Å². The Labute approximate surface area is 53.1 Å². The van der Waals surface area contributed by atoms with Crippen molar-refractivity contribution in [1.82, 2.24) is 4.72 Å². The van der Waals surface area contributed by atoms with Crippen LogP contribution in [0, 0.1) is 0 Å². The number of carbonyl (C=O) groups is 1. The van der Waals surface area contributed by atoms with Gasteiger partial charge in [0.1, 0.15) is 12.2 Å². The Balaban J connectivity index is 2.82. The predicted octanol–water partition coefficient (Wildman–Crippen LogP) is 0.722. The molecule has 0 spiro atoms. The van der Waals surface area contributed by atoms with Crippen LogP contribution in [0.5, 0.6) is 0 Å². The molecule has 0 radical (unpaired) electrons. The Kier molecular flexibility index (Phi) is 4.79. The molecule has 0 aliphatic carbocycles.